The van der Waals surface area contributed by atoms with Gasteiger partial charge < -0.3 is 19.6 Å². The van der Waals surface area contributed by atoms with Crippen molar-refractivity contribution in [3.05, 3.63) is 52.4 Å². The molecule has 24 heavy (non-hydrogen) atoms. The number of aromatic nitrogens is 1. The number of H-pyrrole nitrogens is 1. The number of carboxylic acid groups (broad SMARTS) is 1. The van der Waals surface area contributed by atoms with Crippen LogP contribution in [0.3, 0.4) is 0 Å². The Morgan fingerprint density at radius 2 is 1.79 bits per heavy atom. The minimum atomic E-state index is -1.08. The molecule has 1 aromatic heterocycles. The Kier molecular flexibility index (Phi) is 5.08. The molecule has 6 nitrogen and oxygen atoms in total. The zero-order valence-corrected chi connectivity index (χ0v) is 14.0. The molecule has 2 rings (SSSR count). The lowest BCUT2D eigenvalue weighted by Gasteiger charge is -2.07. The minimum Gasteiger partial charge on any atom is -0.493 e. The standard InChI is InChI=1S/C18H19NO5/c1-10-16(11(2)19-17(10)18(21)22)13(20)7-5-12-6-8-14(23-3)15(9-12)24-4/h5-9,19H,1-4H3,(H,21,22)/b7-5+. The van der Waals surface area contributed by atoms with Crippen molar-refractivity contribution in [2.45, 2.75) is 13.8 Å². The number of carbonyl (C=O) groups is 2. The van der Waals surface area contributed by atoms with Crippen molar-refractivity contribution >= 4 is 17.8 Å². The van der Waals surface area contributed by atoms with Crippen LogP contribution in [0.15, 0.2) is 24.3 Å². The summed E-state index contributed by atoms with van der Waals surface area (Å²) < 4.78 is 10.4. The Bertz CT molecular complexity index is 817. The first-order chi connectivity index (χ1) is 11.4. The summed E-state index contributed by atoms with van der Waals surface area (Å²) in [5, 5.41) is 9.11. The quantitative estimate of drug-likeness (QED) is 0.627. The predicted octanol–water partition coefficient (Wildman–Crippen LogP) is 3.24. The van der Waals surface area contributed by atoms with Gasteiger partial charge >= 0.3 is 5.97 Å². The first kappa shape index (κ1) is 17.3. The number of aryl methyl sites for hydroxylation is 1. The van der Waals surface area contributed by atoms with Crippen molar-refractivity contribution < 1.29 is 24.2 Å². The third kappa shape index (κ3) is 3.32. The van der Waals surface area contributed by atoms with Crippen LogP contribution in [0.2, 0.25) is 0 Å². The van der Waals surface area contributed by atoms with Crippen LogP contribution in [0.5, 0.6) is 11.5 Å². The normalized spacial score (nSPS) is 10.8. The first-order valence-corrected chi connectivity index (χ1v) is 7.26. The number of benzene rings is 1. The number of methoxy groups -OCH3 is 2. The van der Waals surface area contributed by atoms with Crippen LogP contribution in [0.4, 0.5) is 0 Å². The lowest BCUT2D eigenvalue weighted by molar-refractivity contribution is 0.0690. The van der Waals surface area contributed by atoms with E-state index >= 15 is 0 Å². The maximum atomic E-state index is 12.4. The molecule has 2 aromatic rings. The highest BCUT2D eigenvalue weighted by molar-refractivity contribution is 6.10. The Labute approximate surface area is 139 Å². The number of aromatic amines is 1. The molecule has 0 atom stereocenters. The second-order valence-corrected chi connectivity index (χ2v) is 5.24. The molecule has 0 saturated carbocycles. The summed E-state index contributed by atoms with van der Waals surface area (Å²) in [6, 6.07) is 5.30. The lowest BCUT2D eigenvalue weighted by Crippen LogP contribution is -2.01. The van der Waals surface area contributed by atoms with Crippen molar-refractivity contribution in [3.8, 4) is 11.5 Å². The van der Waals surface area contributed by atoms with Crippen molar-refractivity contribution in [2.24, 2.45) is 0 Å². The molecule has 6 heteroatoms. The Hall–Kier alpha value is -3.02. The van der Waals surface area contributed by atoms with Crippen molar-refractivity contribution in [3.63, 3.8) is 0 Å². The van der Waals surface area contributed by atoms with Gasteiger partial charge in [0, 0.05) is 11.3 Å². The van der Waals surface area contributed by atoms with Gasteiger partial charge in [-0.2, -0.15) is 0 Å². The number of hydrogen-bond acceptors (Lipinski definition) is 4. The van der Waals surface area contributed by atoms with Gasteiger partial charge in [-0.15, -0.1) is 0 Å². The molecule has 0 unspecified atom stereocenters. The number of ketones is 1. The third-order valence-corrected chi connectivity index (χ3v) is 3.73. The van der Waals surface area contributed by atoms with Gasteiger partial charge in [-0.25, -0.2) is 4.79 Å². The van der Waals surface area contributed by atoms with Gasteiger partial charge in [0.2, 0.25) is 0 Å². The highest BCUT2D eigenvalue weighted by atomic mass is 16.5. The maximum absolute atomic E-state index is 12.4. The summed E-state index contributed by atoms with van der Waals surface area (Å²) in [6.07, 6.45) is 3.06. The van der Waals surface area contributed by atoms with Crippen LogP contribution in [0.1, 0.15) is 37.7 Å². The van der Waals surface area contributed by atoms with Crippen LogP contribution in [0.25, 0.3) is 6.08 Å². The van der Waals surface area contributed by atoms with Gasteiger partial charge in [0.05, 0.1) is 14.2 Å². The molecule has 0 aliphatic rings. The van der Waals surface area contributed by atoms with Crippen LogP contribution in [-0.4, -0.2) is 36.1 Å². The zero-order chi connectivity index (χ0) is 17.9. The Morgan fingerprint density at radius 1 is 1.12 bits per heavy atom. The van der Waals surface area contributed by atoms with E-state index in [0.717, 1.165) is 5.56 Å². The van der Waals surface area contributed by atoms with Gasteiger partial charge in [-0.1, -0.05) is 12.1 Å². The topological polar surface area (TPSA) is 88.6 Å². The molecular formula is C18H19NO5. The molecule has 0 fully saturated rings. The van der Waals surface area contributed by atoms with E-state index < -0.39 is 5.97 Å². The summed E-state index contributed by atoms with van der Waals surface area (Å²) in [4.78, 5) is 26.3. The van der Waals surface area contributed by atoms with E-state index in [0.29, 0.717) is 28.3 Å². The van der Waals surface area contributed by atoms with Gasteiger partial charge in [0.25, 0.3) is 0 Å². The number of carboxylic acids is 1. The SMILES string of the molecule is COc1ccc(/C=C/C(=O)c2c(C)[nH]c(C(=O)O)c2C)cc1OC. The van der Waals surface area contributed by atoms with E-state index in [1.807, 2.05) is 0 Å². The molecule has 126 valence electrons. The van der Waals surface area contributed by atoms with Crippen LogP contribution < -0.4 is 9.47 Å². The average molecular weight is 329 g/mol. The molecule has 0 aliphatic heterocycles. The van der Waals surface area contributed by atoms with E-state index in [2.05, 4.69) is 4.98 Å². The Balaban J connectivity index is 2.30. The molecule has 0 amide bonds. The summed E-state index contributed by atoms with van der Waals surface area (Å²) in [6.45, 7) is 3.29. The highest BCUT2D eigenvalue weighted by Crippen LogP contribution is 2.28. The molecule has 0 radical (unpaired) electrons. The van der Waals surface area contributed by atoms with E-state index in [-0.39, 0.29) is 11.5 Å². The zero-order valence-electron chi connectivity index (χ0n) is 14.0. The number of nitrogens with one attached hydrogen (secondary N) is 1. The largest absolute Gasteiger partial charge is 0.493 e. The minimum absolute atomic E-state index is 0.0374. The number of aromatic carboxylic acids is 1. The molecule has 2 N–H and O–H groups in total. The van der Waals surface area contributed by atoms with Crippen molar-refractivity contribution in [1.82, 2.24) is 4.98 Å². The number of hydrogen-bond donors (Lipinski definition) is 2. The number of rotatable bonds is 6. The fourth-order valence-corrected chi connectivity index (χ4v) is 2.55. The van der Waals surface area contributed by atoms with Crippen LogP contribution in [-0.2, 0) is 0 Å². The highest BCUT2D eigenvalue weighted by Gasteiger charge is 2.19. The molecule has 0 saturated heterocycles. The summed E-state index contributed by atoms with van der Waals surface area (Å²) in [7, 11) is 3.09. The average Bonchev–Trinajstić information content (AvgIpc) is 2.87. The smallest absolute Gasteiger partial charge is 0.352 e. The van der Waals surface area contributed by atoms with E-state index in [1.165, 1.54) is 13.2 Å². The monoisotopic (exact) mass is 329 g/mol. The van der Waals surface area contributed by atoms with Crippen LogP contribution >= 0.6 is 0 Å². The molecule has 1 heterocycles. The van der Waals surface area contributed by atoms with Gasteiger partial charge in [-0.05, 0) is 43.2 Å². The van der Waals surface area contributed by atoms with Crippen LogP contribution in [0, 0.1) is 13.8 Å². The summed E-state index contributed by atoms with van der Waals surface area (Å²) in [5.74, 6) is -0.180. The van der Waals surface area contributed by atoms with Crippen molar-refractivity contribution in [2.75, 3.05) is 14.2 Å². The number of carbonyl (C=O) groups excluding carboxylic acids is 1. The second kappa shape index (κ2) is 7.04. The second-order valence-electron chi connectivity index (χ2n) is 5.24. The van der Waals surface area contributed by atoms with Gasteiger partial charge in [0.1, 0.15) is 5.69 Å². The molecule has 0 aliphatic carbocycles. The molecule has 0 spiro atoms. The fourth-order valence-electron chi connectivity index (χ4n) is 2.55. The maximum Gasteiger partial charge on any atom is 0.352 e. The third-order valence-electron chi connectivity index (χ3n) is 3.73. The van der Waals surface area contributed by atoms with E-state index in [1.54, 1.807) is 45.2 Å². The first-order valence-electron chi connectivity index (χ1n) is 7.26. The fraction of sp³-hybridized carbons (Fsp3) is 0.222. The van der Waals surface area contributed by atoms with E-state index in [4.69, 9.17) is 14.6 Å². The predicted molar refractivity (Wildman–Crippen MR) is 90.1 cm³/mol. The summed E-state index contributed by atoms with van der Waals surface area (Å²) in [5.41, 5.74) is 2.15. The van der Waals surface area contributed by atoms with Crippen molar-refractivity contribution in [1.29, 1.82) is 0 Å². The molecule has 0 bridgehead atoms. The number of ether oxygens (including phenoxy) is 2. The Morgan fingerprint density at radius 3 is 2.33 bits per heavy atom. The van der Waals surface area contributed by atoms with Gasteiger partial charge in [0.15, 0.2) is 17.3 Å². The lowest BCUT2D eigenvalue weighted by atomic mass is 10.0. The summed E-state index contributed by atoms with van der Waals surface area (Å²) >= 11 is 0. The van der Waals surface area contributed by atoms with Gasteiger partial charge in [-0.3, -0.25) is 4.79 Å². The molecular weight excluding hydrogens is 310 g/mol. The molecule has 1 aromatic carbocycles. The van der Waals surface area contributed by atoms with E-state index in [9.17, 15) is 9.59 Å². The number of allylic oxidation sites excluding steroid dienone is 1.